The van der Waals surface area contributed by atoms with E-state index in [1.165, 1.54) is 11.1 Å². The van der Waals surface area contributed by atoms with Crippen molar-refractivity contribution in [3.8, 4) is 5.75 Å². The van der Waals surface area contributed by atoms with Crippen LogP contribution in [0.3, 0.4) is 0 Å². The fraction of sp³-hybridized carbons (Fsp3) is 0.375. The van der Waals surface area contributed by atoms with Crippen LogP contribution in [0.2, 0.25) is 0 Å². The van der Waals surface area contributed by atoms with Crippen molar-refractivity contribution in [2.75, 3.05) is 7.11 Å². The molecular weight excluding hydrogens is 238 g/mol. The Morgan fingerprint density at radius 2 is 1.89 bits per heavy atom. The van der Waals surface area contributed by atoms with Crippen LogP contribution < -0.4 is 10.1 Å². The predicted octanol–water partition coefficient (Wildman–Crippen LogP) is 4.09. The standard InChI is InChI=1S/C16H21NO2/c1-4-16(13-5-7-15(18-3)8-6-13)17-12(2)14-9-10-19-11-14/h5-12,16-17H,4H2,1-3H3. The van der Waals surface area contributed by atoms with E-state index in [2.05, 4.69) is 31.3 Å². The minimum absolute atomic E-state index is 0.269. The highest BCUT2D eigenvalue weighted by Crippen LogP contribution is 2.24. The van der Waals surface area contributed by atoms with Crippen LogP contribution in [-0.2, 0) is 0 Å². The molecule has 0 radical (unpaired) electrons. The summed E-state index contributed by atoms with van der Waals surface area (Å²) in [6, 6.07) is 10.8. The van der Waals surface area contributed by atoms with Crippen molar-refractivity contribution < 1.29 is 9.15 Å². The Bertz CT molecular complexity index is 476. The van der Waals surface area contributed by atoms with Crippen LogP contribution in [0.4, 0.5) is 0 Å². The van der Waals surface area contributed by atoms with E-state index < -0.39 is 0 Å². The first kappa shape index (κ1) is 13.7. The normalized spacial score (nSPS) is 14.1. The molecule has 1 N–H and O–H groups in total. The molecule has 0 saturated heterocycles. The first-order valence-corrected chi connectivity index (χ1v) is 6.66. The second kappa shape index (κ2) is 6.43. The highest BCUT2D eigenvalue weighted by atomic mass is 16.5. The summed E-state index contributed by atoms with van der Waals surface area (Å²) in [5.41, 5.74) is 2.45. The molecule has 0 fully saturated rings. The molecule has 2 aromatic rings. The van der Waals surface area contributed by atoms with Gasteiger partial charge >= 0.3 is 0 Å². The van der Waals surface area contributed by atoms with Gasteiger partial charge in [-0.25, -0.2) is 0 Å². The second-order valence-electron chi connectivity index (χ2n) is 4.68. The fourth-order valence-corrected chi connectivity index (χ4v) is 2.21. The van der Waals surface area contributed by atoms with Crippen molar-refractivity contribution in [1.82, 2.24) is 5.32 Å². The lowest BCUT2D eigenvalue weighted by atomic mass is 10.0. The van der Waals surface area contributed by atoms with Crippen LogP contribution in [0.5, 0.6) is 5.75 Å². The van der Waals surface area contributed by atoms with Crippen molar-refractivity contribution in [3.63, 3.8) is 0 Å². The number of hydrogen-bond acceptors (Lipinski definition) is 3. The average molecular weight is 259 g/mol. The number of ether oxygens (including phenoxy) is 1. The molecule has 2 atom stereocenters. The van der Waals surface area contributed by atoms with Gasteiger partial charge in [0, 0.05) is 17.6 Å². The van der Waals surface area contributed by atoms with Crippen molar-refractivity contribution in [2.24, 2.45) is 0 Å². The largest absolute Gasteiger partial charge is 0.497 e. The molecule has 0 spiro atoms. The summed E-state index contributed by atoms with van der Waals surface area (Å²) in [4.78, 5) is 0. The zero-order valence-electron chi connectivity index (χ0n) is 11.7. The summed E-state index contributed by atoms with van der Waals surface area (Å²) in [7, 11) is 1.69. The van der Waals surface area contributed by atoms with E-state index >= 15 is 0 Å². The predicted molar refractivity (Wildman–Crippen MR) is 76.3 cm³/mol. The first-order chi connectivity index (χ1) is 9.24. The Hall–Kier alpha value is -1.74. The zero-order chi connectivity index (χ0) is 13.7. The van der Waals surface area contributed by atoms with Gasteiger partial charge in [0.05, 0.1) is 19.6 Å². The number of rotatable bonds is 6. The number of hydrogen-bond donors (Lipinski definition) is 1. The summed E-state index contributed by atoms with van der Waals surface area (Å²) in [6.45, 7) is 4.33. The average Bonchev–Trinajstić information content (AvgIpc) is 2.99. The molecule has 0 aliphatic carbocycles. The molecule has 0 aliphatic rings. The lowest BCUT2D eigenvalue weighted by Crippen LogP contribution is -2.23. The monoisotopic (exact) mass is 259 g/mol. The molecule has 0 bridgehead atoms. The molecule has 1 heterocycles. The zero-order valence-corrected chi connectivity index (χ0v) is 11.7. The van der Waals surface area contributed by atoms with E-state index in [1.54, 1.807) is 19.6 Å². The van der Waals surface area contributed by atoms with Crippen LogP contribution in [0.25, 0.3) is 0 Å². The van der Waals surface area contributed by atoms with Crippen molar-refractivity contribution in [3.05, 3.63) is 54.0 Å². The van der Waals surface area contributed by atoms with Crippen LogP contribution in [0.15, 0.2) is 47.3 Å². The first-order valence-electron chi connectivity index (χ1n) is 6.66. The number of methoxy groups -OCH3 is 1. The second-order valence-corrected chi connectivity index (χ2v) is 4.68. The Labute approximate surface area is 114 Å². The Kier molecular flexibility index (Phi) is 4.63. The minimum Gasteiger partial charge on any atom is -0.497 e. The van der Waals surface area contributed by atoms with E-state index in [0.29, 0.717) is 6.04 Å². The maximum Gasteiger partial charge on any atom is 0.118 e. The van der Waals surface area contributed by atoms with Crippen LogP contribution in [0, 0.1) is 0 Å². The van der Waals surface area contributed by atoms with Gasteiger partial charge in [-0.05, 0) is 37.1 Å². The third kappa shape index (κ3) is 3.38. The Balaban J connectivity index is 2.06. The molecular formula is C16H21NO2. The molecule has 3 nitrogen and oxygen atoms in total. The Morgan fingerprint density at radius 3 is 2.42 bits per heavy atom. The van der Waals surface area contributed by atoms with Gasteiger partial charge in [-0.3, -0.25) is 0 Å². The van der Waals surface area contributed by atoms with E-state index in [9.17, 15) is 0 Å². The molecule has 19 heavy (non-hydrogen) atoms. The third-order valence-corrected chi connectivity index (χ3v) is 3.42. The lowest BCUT2D eigenvalue weighted by molar-refractivity contribution is 0.413. The minimum atomic E-state index is 0.269. The lowest BCUT2D eigenvalue weighted by Gasteiger charge is -2.22. The van der Waals surface area contributed by atoms with Crippen LogP contribution in [-0.4, -0.2) is 7.11 Å². The highest BCUT2D eigenvalue weighted by molar-refractivity contribution is 5.29. The van der Waals surface area contributed by atoms with Crippen LogP contribution in [0.1, 0.15) is 43.5 Å². The van der Waals surface area contributed by atoms with Gasteiger partial charge in [0.15, 0.2) is 0 Å². The van der Waals surface area contributed by atoms with E-state index in [0.717, 1.165) is 12.2 Å². The molecule has 2 rings (SSSR count). The third-order valence-electron chi connectivity index (χ3n) is 3.42. The van der Waals surface area contributed by atoms with Gasteiger partial charge in [-0.2, -0.15) is 0 Å². The smallest absolute Gasteiger partial charge is 0.118 e. The maximum atomic E-state index is 5.19. The van der Waals surface area contributed by atoms with Gasteiger partial charge in [-0.15, -0.1) is 0 Å². The van der Waals surface area contributed by atoms with Gasteiger partial charge in [0.2, 0.25) is 0 Å². The summed E-state index contributed by atoms with van der Waals surface area (Å²) < 4.78 is 10.3. The molecule has 0 aliphatic heterocycles. The number of benzene rings is 1. The van der Waals surface area contributed by atoms with Crippen molar-refractivity contribution >= 4 is 0 Å². The SMILES string of the molecule is CCC(NC(C)c1ccoc1)c1ccc(OC)cc1. The van der Waals surface area contributed by atoms with Crippen molar-refractivity contribution in [2.45, 2.75) is 32.4 Å². The summed E-state index contributed by atoms with van der Waals surface area (Å²) in [5, 5.41) is 3.62. The molecule has 0 amide bonds. The van der Waals surface area contributed by atoms with Gasteiger partial charge in [0.1, 0.15) is 5.75 Å². The molecule has 3 heteroatoms. The molecule has 1 aromatic carbocycles. The summed E-state index contributed by atoms with van der Waals surface area (Å²) in [6.07, 6.45) is 4.54. The number of furan rings is 1. The topological polar surface area (TPSA) is 34.4 Å². The highest BCUT2D eigenvalue weighted by Gasteiger charge is 2.14. The molecule has 0 saturated carbocycles. The van der Waals surface area contributed by atoms with Gasteiger partial charge < -0.3 is 14.5 Å². The van der Waals surface area contributed by atoms with E-state index in [-0.39, 0.29) is 6.04 Å². The summed E-state index contributed by atoms with van der Waals surface area (Å²) in [5.74, 6) is 0.890. The number of nitrogens with one attached hydrogen (secondary N) is 1. The van der Waals surface area contributed by atoms with Gasteiger partial charge in [-0.1, -0.05) is 19.1 Å². The van der Waals surface area contributed by atoms with Crippen molar-refractivity contribution in [1.29, 1.82) is 0 Å². The molecule has 1 aromatic heterocycles. The quantitative estimate of drug-likeness (QED) is 0.848. The van der Waals surface area contributed by atoms with E-state index in [4.69, 9.17) is 9.15 Å². The Morgan fingerprint density at radius 1 is 1.16 bits per heavy atom. The van der Waals surface area contributed by atoms with E-state index in [1.807, 2.05) is 18.2 Å². The summed E-state index contributed by atoms with van der Waals surface area (Å²) >= 11 is 0. The fourth-order valence-electron chi connectivity index (χ4n) is 2.21. The molecule has 102 valence electrons. The molecule has 2 unspecified atom stereocenters. The maximum absolute atomic E-state index is 5.19. The van der Waals surface area contributed by atoms with Crippen LogP contribution >= 0.6 is 0 Å². The van der Waals surface area contributed by atoms with Gasteiger partial charge in [0.25, 0.3) is 0 Å².